The maximum Gasteiger partial charge on any atom is 0.307 e. The number of carbonyl (C=O) groups is 2. The Morgan fingerprint density at radius 1 is 0.955 bits per heavy atom. The molecule has 0 aromatic heterocycles. The summed E-state index contributed by atoms with van der Waals surface area (Å²) in [6.45, 7) is 0. The maximum absolute atomic E-state index is 12.8. The van der Waals surface area contributed by atoms with Crippen LogP contribution in [0.15, 0.2) is 36.4 Å². The Bertz CT molecular complexity index is 735. The quantitative estimate of drug-likeness (QED) is 0.849. The lowest BCUT2D eigenvalue weighted by molar-refractivity contribution is -0.144. The highest BCUT2D eigenvalue weighted by atomic mass is 16.4. The molecule has 2 atom stereocenters. The second-order valence-corrected chi connectivity index (χ2v) is 5.88. The minimum absolute atomic E-state index is 0.0437. The van der Waals surface area contributed by atoms with E-state index in [0.29, 0.717) is 18.2 Å². The van der Waals surface area contributed by atoms with Gasteiger partial charge >= 0.3 is 5.97 Å². The fourth-order valence-corrected chi connectivity index (χ4v) is 3.39. The normalized spacial score (nSPS) is 21.6. The minimum Gasteiger partial charge on any atom is -0.507 e. The van der Waals surface area contributed by atoms with Gasteiger partial charge < -0.3 is 10.2 Å². The molecule has 0 amide bonds. The summed E-state index contributed by atoms with van der Waals surface area (Å²) in [4.78, 5) is 24.1. The van der Waals surface area contributed by atoms with Gasteiger partial charge in [-0.25, -0.2) is 0 Å². The predicted octanol–water partition coefficient (Wildman–Crippen LogP) is 3.62. The molecule has 0 spiro atoms. The second-order valence-electron chi connectivity index (χ2n) is 5.88. The number of Topliss-reactive ketones (excluding diaryl/α,β-unsaturated/α-hetero) is 1. The molecule has 114 valence electrons. The summed E-state index contributed by atoms with van der Waals surface area (Å²) in [6.07, 6.45) is 2.79. The molecule has 1 aliphatic carbocycles. The molecule has 2 aromatic carbocycles. The third-order valence-corrected chi connectivity index (χ3v) is 4.59. The maximum atomic E-state index is 12.8. The number of carboxylic acid groups (broad SMARTS) is 1. The van der Waals surface area contributed by atoms with Crippen molar-refractivity contribution in [2.45, 2.75) is 25.7 Å². The predicted molar refractivity (Wildman–Crippen MR) is 83.0 cm³/mol. The Balaban J connectivity index is 2.01. The van der Waals surface area contributed by atoms with Crippen molar-refractivity contribution in [3.63, 3.8) is 0 Å². The molecule has 1 aliphatic rings. The third-order valence-electron chi connectivity index (χ3n) is 4.59. The van der Waals surface area contributed by atoms with E-state index in [2.05, 4.69) is 0 Å². The first-order valence-corrected chi connectivity index (χ1v) is 7.57. The van der Waals surface area contributed by atoms with E-state index in [9.17, 15) is 19.8 Å². The van der Waals surface area contributed by atoms with Crippen molar-refractivity contribution in [3.8, 4) is 5.75 Å². The van der Waals surface area contributed by atoms with Crippen molar-refractivity contribution < 1.29 is 19.8 Å². The molecule has 2 aromatic rings. The zero-order valence-electron chi connectivity index (χ0n) is 12.2. The van der Waals surface area contributed by atoms with Crippen LogP contribution in [0.3, 0.4) is 0 Å². The average Bonchev–Trinajstić information content (AvgIpc) is 2.55. The zero-order valence-corrected chi connectivity index (χ0v) is 12.2. The number of benzene rings is 2. The van der Waals surface area contributed by atoms with E-state index >= 15 is 0 Å². The molecule has 0 bridgehead atoms. The minimum atomic E-state index is -0.918. The van der Waals surface area contributed by atoms with E-state index in [0.717, 1.165) is 18.2 Å². The first kappa shape index (κ1) is 14.6. The number of phenolic OH excluding ortho intramolecular Hbond substituents is 1. The molecular formula is C18H18O4. The molecule has 2 N–H and O–H groups in total. The molecule has 0 heterocycles. The van der Waals surface area contributed by atoms with E-state index in [1.54, 1.807) is 24.3 Å². The van der Waals surface area contributed by atoms with Crippen LogP contribution in [-0.4, -0.2) is 22.0 Å². The number of fused-ring (bicyclic) bond motifs is 1. The van der Waals surface area contributed by atoms with Crippen LogP contribution in [0.4, 0.5) is 0 Å². The van der Waals surface area contributed by atoms with E-state index in [4.69, 9.17) is 0 Å². The van der Waals surface area contributed by atoms with Crippen molar-refractivity contribution in [1.82, 2.24) is 0 Å². The highest BCUT2D eigenvalue weighted by Crippen LogP contribution is 2.36. The fourth-order valence-electron chi connectivity index (χ4n) is 3.39. The second kappa shape index (κ2) is 5.79. The number of hydrogen-bond donors (Lipinski definition) is 2. The Hall–Kier alpha value is -2.36. The van der Waals surface area contributed by atoms with Crippen LogP contribution < -0.4 is 0 Å². The van der Waals surface area contributed by atoms with Crippen LogP contribution in [0.2, 0.25) is 0 Å². The Kier molecular flexibility index (Phi) is 3.84. The lowest BCUT2D eigenvalue weighted by Crippen LogP contribution is -2.32. The number of aliphatic carboxylic acids is 1. The van der Waals surface area contributed by atoms with E-state index in [1.165, 1.54) is 0 Å². The first-order chi connectivity index (χ1) is 10.6. The van der Waals surface area contributed by atoms with Crippen molar-refractivity contribution in [1.29, 1.82) is 0 Å². The molecule has 4 nitrogen and oxygen atoms in total. The van der Waals surface area contributed by atoms with Gasteiger partial charge in [0, 0.05) is 11.3 Å². The van der Waals surface area contributed by atoms with Crippen LogP contribution in [0.1, 0.15) is 36.0 Å². The molecule has 0 unspecified atom stereocenters. The summed E-state index contributed by atoms with van der Waals surface area (Å²) < 4.78 is 0. The summed E-state index contributed by atoms with van der Waals surface area (Å²) in [6, 6.07) is 10.7. The molecule has 1 saturated carbocycles. The molecular weight excluding hydrogens is 280 g/mol. The number of carbonyl (C=O) groups excluding carboxylic acids is 1. The topological polar surface area (TPSA) is 74.6 Å². The van der Waals surface area contributed by atoms with Gasteiger partial charge in [0.15, 0.2) is 5.78 Å². The molecule has 0 saturated heterocycles. The van der Waals surface area contributed by atoms with Gasteiger partial charge in [-0.05, 0) is 24.3 Å². The lowest BCUT2D eigenvalue weighted by atomic mass is 9.75. The lowest BCUT2D eigenvalue weighted by Gasteiger charge is -2.27. The van der Waals surface area contributed by atoms with Gasteiger partial charge in [0.1, 0.15) is 5.75 Å². The molecule has 0 aliphatic heterocycles. The van der Waals surface area contributed by atoms with Crippen LogP contribution in [-0.2, 0) is 4.79 Å². The average molecular weight is 298 g/mol. The summed E-state index contributed by atoms with van der Waals surface area (Å²) in [5, 5.41) is 21.2. The number of carboxylic acids is 1. The van der Waals surface area contributed by atoms with Crippen molar-refractivity contribution in [2.24, 2.45) is 11.8 Å². The van der Waals surface area contributed by atoms with Crippen LogP contribution in [0.25, 0.3) is 10.8 Å². The number of ketones is 1. The summed E-state index contributed by atoms with van der Waals surface area (Å²) in [5.41, 5.74) is 0.233. The molecule has 1 fully saturated rings. The van der Waals surface area contributed by atoms with Gasteiger partial charge in [0.2, 0.25) is 0 Å². The van der Waals surface area contributed by atoms with Crippen molar-refractivity contribution in [3.05, 3.63) is 42.0 Å². The third kappa shape index (κ3) is 2.45. The summed E-state index contributed by atoms with van der Waals surface area (Å²) in [5.74, 6) is -2.41. The van der Waals surface area contributed by atoms with Crippen molar-refractivity contribution >= 4 is 22.5 Å². The van der Waals surface area contributed by atoms with Gasteiger partial charge in [0.05, 0.1) is 11.5 Å². The molecule has 3 rings (SSSR count). The Morgan fingerprint density at radius 3 is 2.36 bits per heavy atom. The number of rotatable bonds is 3. The van der Waals surface area contributed by atoms with E-state index < -0.39 is 17.8 Å². The largest absolute Gasteiger partial charge is 0.507 e. The van der Waals surface area contributed by atoms with E-state index in [1.807, 2.05) is 12.1 Å². The standard InChI is InChI=1S/C18H18O4/c19-16-12-6-2-1-5-11(12)9-10-15(16)17(20)13-7-3-4-8-14(13)18(21)22/h1-2,5-6,9-10,13-14,19H,3-4,7-8H2,(H,21,22)/t13-,14-/m1/s1. The van der Waals surface area contributed by atoms with Gasteiger partial charge in [-0.15, -0.1) is 0 Å². The monoisotopic (exact) mass is 298 g/mol. The zero-order chi connectivity index (χ0) is 15.7. The van der Waals surface area contributed by atoms with Crippen molar-refractivity contribution in [2.75, 3.05) is 0 Å². The Morgan fingerprint density at radius 2 is 1.64 bits per heavy atom. The number of aromatic hydroxyl groups is 1. The van der Waals surface area contributed by atoms with Crippen LogP contribution in [0.5, 0.6) is 5.75 Å². The smallest absolute Gasteiger partial charge is 0.307 e. The van der Waals surface area contributed by atoms with Gasteiger partial charge in [0.25, 0.3) is 0 Å². The fraction of sp³-hybridized carbons (Fsp3) is 0.333. The van der Waals surface area contributed by atoms with Crippen LogP contribution >= 0.6 is 0 Å². The summed E-state index contributed by atoms with van der Waals surface area (Å²) in [7, 11) is 0. The highest BCUT2D eigenvalue weighted by molar-refractivity contribution is 6.06. The molecule has 0 radical (unpaired) electrons. The highest BCUT2D eigenvalue weighted by Gasteiger charge is 2.36. The SMILES string of the molecule is O=C(O)[C@@H]1CCCC[C@H]1C(=O)c1ccc2ccccc2c1O. The Labute approximate surface area is 128 Å². The first-order valence-electron chi connectivity index (χ1n) is 7.57. The van der Waals surface area contributed by atoms with Crippen LogP contribution in [0, 0.1) is 11.8 Å². The molecule has 22 heavy (non-hydrogen) atoms. The van der Waals surface area contributed by atoms with Gasteiger partial charge in [-0.1, -0.05) is 43.2 Å². The molecule has 4 heteroatoms. The summed E-state index contributed by atoms with van der Waals surface area (Å²) >= 11 is 0. The van der Waals surface area contributed by atoms with E-state index in [-0.39, 0.29) is 17.1 Å². The number of hydrogen-bond acceptors (Lipinski definition) is 3. The van der Waals surface area contributed by atoms with Gasteiger partial charge in [-0.3, -0.25) is 9.59 Å². The number of phenols is 1. The van der Waals surface area contributed by atoms with Gasteiger partial charge in [-0.2, -0.15) is 0 Å².